The highest BCUT2D eigenvalue weighted by molar-refractivity contribution is 5.20. The Morgan fingerprint density at radius 3 is 2.61 bits per heavy atom. The van der Waals surface area contributed by atoms with Gasteiger partial charge in [-0.3, -0.25) is 0 Å². The van der Waals surface area contributed by atoms with Gasteiger partial charge in [0.2, 0.25) is 0 Å². The van der Waals surface area contributed by atoms with Crippen LogP contribution in [0.3, 0.4) is 0 Å². The number of benzene rings is 1. The minimum Gasteiger partial charge on any atom is -0.393 e. The Morgan fingerprint density at radius 1 is 1.22 bits per heavy atom. The molecule has 1 N–H and O–H groups in total. The molecule has 100 valence electrons. The average Bonchev–Trinajstić information content (AvgIpc) is 2.40. The summed E-state index contributed by atoms with van der Waals surface area (Å²) < 4.78 is 0. The molecule has 1 aromatic carbocycles. The van der Waals surface area contributed by atoms with Gasteiger partial charge in [0.15, 0.2) is 0 Å². The first kappa shape index (κ1) is 13.6. The molecule has 1 aromatic rings. The smallest absolute Gasteiger partial charge is 0.0571 e. The molecule has 2 rings (SSSR count). The van der Waals surface area contributed by atoms with Gasteiger partial charge >= 0.3 is 0 Å². The molecule has 1 saturated carbocycles. The molecule has 1 nitrogen and oxygen atoms in total. The Kier molecular flexibility index (Phi) is 4.82. The van der Waals surface area contributed by atoms with E-state index in [1.165, 1.54) is 18.4 Å². The molecular formula is C17H26O. The second-order valence-electron chi connectivity index (χ2n) is 5.92. The van der Waals surface area contributed by atoms with Gasteiger partial charge in [-0.05, 0) is 42.6 Å². The van der Waals surface area contributed by atoms with Crippen molar-refractivity contribution in [2.45, 2.75) is 58.0 Å². The second kappa shape index (κ2) is 6.38. The zero-order valence-electron chi connectivity index (χ0n) is 11.7. The lowest BCUT2D eigenvalue weighted by Gasteiger charge is -2.37. The number of rotatable bonds is 4. The minimum absolute atomic E-state index is 0.0773. The first-order valence-corrected chi connectivity index (χ1v) is 7.45. The van der Waals surface area contributed by atoms with E-state index < -0.39 is 0 Å². The van der Waals surface area contributed by atoms with Gasteiger partial charge in [-0.2, -0.15) is 0 Å². The van der Waals surface area contributed by atoms with E-state index in [0.29, 0.717) is 17.8 Å². The summed E-state index contributed by atoms with van der Waals surface area (Å²) in [6.45, 7) is 4.55. The van der Waals surface area contributed by atoms with Crippen LogP contribution in [0, 0.1) is 11.8 Å². The lowest BCUT2D eigenvalue weighted by Crippen LogP contribution is -2.32. The predicted molar refractivity (Wildman–Crippen MR) is 76.6 cm³/mol. The second-order valence-corrected chi connectivity index (χ2v) is 5.92. The van der Waals surface area contributed by atoms with E-state index in [0.717, 1.165) is 19.3 Å². The molecular weight excluding hydrogens is 220 g/mol. The summed E-state index contributed by atoms with van der Waals surface area (Å²) in [7, 11) is 0. The fraction of sp³-hybridized carbons (Fsp3) is 0.647. The van der Waals surface area contributed by atoms with E-state index in [1.54, 1.807) is 0 Å². The third-order valence-corrected chi connectivity index (χ3v) is 4.61. The Morgan fingerprint density at radius 2 is 1.94 bits per heavy atom. The van der Waals surface area contributed by atoms with Crippen molar-refractivity contribution in [1.29, 1.82) is 0 Å². The summed E-state index contributed by atoms with van der Waals surface area (Å²) in [6.07, 6.45) is 5.65. The fourth-order valence-corrected chi connectivity index (χ4v) is 3.50. The Hall–Kier alpha value is -0.820. The summed E-state index contributed by atoms with van der Waals surface area (Å²) >= 11 is 0. The van der Waals surface area contributed by atoms with Crippen LogP contribution in [0.4, 0.5) is 0 Å². The van der Waals surface area contributed by atoms with Crippen molar-refractivity contribution in [2.75, 3.05) is 0 Å². The minimum atomic E-state index is -0.0773. The molecule has 0 aromatic heterocycles. The molecule has 18 heavy (non-hydrogen) atoms. The van der Waals surface area contributed by atoms with Crippen molar-refractivity contribution in [2.24, 2.45) is 11.8 Å². The molecule has 0 radical (unpaired) electrons. The van der Waals surface area contributed by atoms with Gasteiger partial charge in [0, 0.05) is 0 Å². The molecule has 1 heteroatoms. The number of aliphatic hydroxyl groups excluding tert-OH is 1. The largest absolute Gasteiger partial charge is 0.393 e. The van der Waals surface area contributed by atoms with Crippen LogP contribution < -0.4 is 0 Å². The van der Waals surface area contributed by atoms with Gasteiger partial charge in [0.05, 0.1) is 6.10 Å². The summed E-state index contributed by atoms with van der Waals surface area (Å²) in [5.74, 6) is 1.79. The molecule has 0 saturated heterocycles. The lowest BCUT2D eigenvalue weighted by molar-refractivity contribution is 0.0312. The zero-order valence-corrected chi connectivity index (χ0v) is 11.7. The molecule has 1 fully saturated rings. The van der Waals surface area contributed by atoms with E-state index in [2.05, 4.69) is 44.2 Å². The monoisotopic (exact) mass is 246 g/mol. The van der Waals surface area contributed by atoms with Gasteiger partial charge in [-0.25, -0.2) is 0 Å². The summed E-state index contributed by atoms with van der Waals surface area (Å²) in [5.41, 5.74) is 1.46. The molecule has 0 spiro atoms. The van der Waals surface area contributed by atoms with Crippen LogP contribution in [0.1, 0.15) is 57.4 Å². The SMILES string of the molecule is CCCC(C)C1CC(c2ccccc2)CCC1O. The number of hydrogen-bond acceptors (Lipinski definition) is 1. The van der Waals surface area contributed by atoms with Crippen molar-refractivity contribution in [3.63, 3.8) is 0 Å². The quantitative estimate of drug-likeness (QED) is 0.836. The van der Waals surface area contributed by atoms with Gasteiger partial charge < -0.3 is 5.11 Å². The molecule has 4 unspecified atom stereocenters. The van der Waals surface area contributed by atoms with E-state index in [4.69, 9.17) is 0 Å². The molecule has 0 bridgehead atoms. The van der Waals surface area contributed by atoms with Crippen LogP contribution in [0.25, 0.3) is 0 Å². The normalized spacial score (nSPS) is 30.1. The topological polar surface area (TPSA) is 20.2 Å². The van der Waals surface area contributed by atoms with Crippen LogP contribution in [0.5, 0.6) is 0 Å². The van der Waals surface area contributed by atoms with Crippen LogP contribution in [0.15, 0.2) is 30.3 Å². The zero-order chi connectivity index (χ0) is 13.0. The molecule has 0 amide bonds. The fourth-order valence-electron chi connectivity index (χ4n) is 3.50. The van der Waals surface area contributed by atoms with Crippen LogP contribution in [0.2, 0.25) is 0 Å². The average molecular weight is 246 g/mol. The van der Waals surface area contributed by atoms with Crippen molar-refractivity contribution in [1.82, 2.24) is 0 Å². The van der Waals surface area contributed by atoms with Crippen molar-refractivity contribution in [3.8, 4) is 0 Å². The van der Waals surface area contributed by atoms with Crippen LogP contribution in [-0.2, 0) is 0 Å². The first-order chi connectivity index (χ1) is 8.72. The Bertz CT molecular complexity index is 346. The maximum Gasteiger partial charge on any atom is 0.0571 e. The standard InChI is InChI=1S/C17H26O/c1-3-7-13(2)16-12-15(10-11-17(16)18)14-8-5-4-6-9-14/h4-6,8-9,13,15-18H,3,7,10-12H2,1-2H3. The Balaban J connectivity index is 2.04. The summed E-state index contributed by atoms with van der Waals surface area (Å²) in [6, 6.07) is 10.8. The van der Waals surface area contributed by atoms with Crippen LogP contribution in [-0.4, -0.2) is 11.2 Å². The van der Waals surface area contributed by atoms with E-state index in [1.807, 2.05) is 0 Å². The highest BCUT2D eigenvalue weighted by Crippen LogP contribution is 2.40. The van der Waals surface area contributed by atoms with Crippen molar-refractivity contribution in [3.05, 3.63) is 35.9 Å². The highest BCUT2D eigenvalue weighted by atomic mass is 16.3. The van der Waals surface area contributed by atoms with Crippen LogP contribution >= 0.6 is 0 Å². The third kappa shape index (κ3) is 3.14. The highest BCUT2D eigenvalue weighted by Gasteiger charge is 2.32. The van der Waals surface area contributed by atoms with E-state index in [-0.39, 0.29) is 6.10 Å². The Labute approximate surface area is 111 Å². The summed E-state index contributed by atoms with van der Waals surface area (Å²) in [4.78, 5) is 0. The lowest BCUT2D eigenvalue weighted by atomic mass is 9.71. The van der Waals surface area contributed by atoms with Crippen molar-refractivity contribution < 1.29 is 5.11 Å². The summed E-state index contributed by atoms with van der Waals surface area (Å²) in [5, 5.41) is 10.2. The maximum atomic E-state index is 10.2. The van der Waals surface area contributed by atoms with E-state index >= 15 is 0 Å². The van der Waals surface area contributed by atoms with Gasteiger partial charge in [0.25, 0.3) is 0 Å². The molecule has 1 aliphatic carbocycles. The molecule has 1 aliphatic rings. The van der Waals surface area contributed by atoms with E-state index in [9.17, 15) is 5.11 Å². The maximum absolute atomic E-state index is 10.2. The first-order valence-electron chi connectivity index (χ1n) is 7.45. The van der Waals surface area contributed by atoms with Gasteiger partial charge in [-0.15, -0.1) is 0 Å². The number of hydrogen-bond donors (Lipinski definition) is 1. The van der Waals surface area contributed by atoms with Crippen molar-refractivity contribution >= 4 is 0 Å². The predicted octanol–water partition coefficient (Wildman–Crippen LogP) is 4.37. The van der Waals surface area contributed by atoms with Gasteiger partial charge in [0.1, 0.15) is 0 Å². The molecule has 0 aliphatic heterocycles. The van der Waals surface area contributed by atoms with Gasteiger partial charge in [-0.1, -0.05) is 57.0 Å². The number of aliphatic hydroxyl groups is 1. The third-order valence-electron chi connectivity index (χ3n) is 4.61. The molecule has 0 heterocycles. The molecule has 4 atom stereocenters.